The molecular formula is C30H33F6N7O. The lowest BCUT2D eigenvalue weighted by atomic mass is 9.95. The molecule has 4 saturated heterocycles. The van der Waals surface area contributed by atoms with E-state index in [1.54, 1.807) is 0 Å². The normalized spacial score (nSPS) is 28.7. The Morgan fingerprint density at radius 1 is 1.14 bits per heavy atom. The standard InChI is InChI=1S/C30H33F6N7O/c1-15-8-20(37)38-25(22(15)30(34,35)36)21-19(32)9-18-24(23(21)33)39-27(44-14-29-5-3-7-43(29)11-16(31)10-29)40-26(18)42-12-17-4-6-28(2,13-42)41-17/h8-9,16-17,41H,3-7,10-14H2,1-2H3,(H2,37,38)/t16-,17?,28+,29+/m1/s1. The molecule has 0 radical (unpaired) electrons. The first kappa shape index (κ1) is 29.3. The second-order valence-electron chi connectivity index (χ2n) is 13.0. The van der Waals surface area contributed by atoms with Gasteiger partial charge in [-0.25, -0.2) is 18.2 Å². The van der Waals surface area contributed by atoms with E-state index in [4.69, 9.17) is 10.5 Å². The highest BCUT2D eigenvalue weighted by Crippen LogP contribution is 2.44. The van der Waals surface area contributed by atoms with Crippen LogP contribution in [-0.4, -0.2) is 75.9 Å². The van der Waals surface area contributed by atoms with Crippen molar-refractivity contribution in [1.82, 2.24) is 25.2 Å². The summed E-state index contributed by atoms with van der Waals surface area (Å²) in [4.78, 5) is 16.6. The second kappa shape index (κ2) is 10.1. The molecule has 1 aromatic carbocycles. The fourth-order valence-electron chi connectivity index (χ4n) is 7.87. The summed E-state index contributed by atoms with van der Waals surface area (Å²) in [6.07, 6.45) is -2.26. The van der Waals surface area contributed by atoms with Crippen LogP contribution in [0.1, 0.15) is 50.2 Å². The third-order valence-corrected chi connectivity index (χ3v) is 9.71. The summed E-state index contributed by atoms with van der Waals surface area (Å²) in [6, 6.07) is 1.88. The highest BCUT2D eigenvalue weighted by Gasteiger charge is 2.49. The number of nitrogens with two attached hydrogens (primary N) is 1. The fourth-order valence-corrected chi connectivity index (χ4v) is 7.87. The van der Waals surface area contributed by atoms with E-state index in [1.165, 1.54) is 0 Å². The predicted molar refractivity (Wildman–Crippen MR) is 152 cm³/mol. The molecule has 4 fully saturated rings. The molecule has 2 bridgehead atoms. The molecule has 0 aliphatic carbocycles. The zero-order valence-electron chi connectivity index (χ0n) is 24.4. The number of alkyl halides is 4. The van der Waals surface area contributed by atoms with Crippen LogP contribution in [0.5, 0.6) is 6.01 Å². The highest BCUT2D eigenvalue weighted by atomic mass is 19.4. The summed E-state index contributed by atoms with van der Waals surface area (Å²) in [5.74, 6) is -2.67. The number of anilines is 2. The first-order valence-corrected chi connectivity index (χ1v) is 14.8. The van der Waals surface area contributed by atoms with Gasteiger partial charge in [0, 0.05) is 43.0 Å². The molecule has 44 heavy (non-hydrogen) atoms. The smallest absolute Gasteiger partial charge is 0.418 e. The molecule has 0 saturated carbocycles. The van der Waals surface area contributed by atoms with Crippen molar-refractivity contribution < 1.29 is 31.1 Å². The van der Waals surface area contributed by atoms with Crippen molar-refractivity contribution in [2.45, 2.75) is 75.4 Å². The lowest BCUT2D eigenvalue weighted by molar-refractivity contribution is -0.137. The molecule has 3 N–H and O–H groups in total. The summed E-state index contributed by atoms with van der Waals surface area (Å²) in [5, 5.41) is 3.57. The number of piperazine rings is 1. The zero-order chi connectivity index (χ0) is 31.2. The van der Waals surface area contributed by atoms with Gasteiger partial charge in [-0.15, -0.1) is 0 Å². The van der Waals surface area contributed by atoms with Crippen LogP contribution in [0.2, 0.25) is 0 Å². The van der Waals surface area contributed by atoms with Crippen molar-refractivity contribution in [2.75, 3.05) is 43.4 Å². The average Bonchev–Trinajstić information content (AvgIpc) is 3.54. The summed E-state index contributed by atoms with van der Waals surface area (Å²) < 4.78 is 95.3. The van der Waals surface area contributed by atoms with Gasteiger partial charge in [-0.3, -0.25) is 4.90 Å². The number of nitrogens with zero attached hydrogens (tertiary/aromatic N) is 5. The van der Waals surface area contributed by atoms with Gasteiger partial charge in [0.2, 0.25) is 0 Å². The number of pyridine rings is 1. The number of halogens is 6. The van der Waals surface area contributed by atoms with E-state index < -0.39 is 51.9 Å². The van der Waals surface area contributed by atoms with Crippen molar-refractivity contribution in [3.63, 3.8) is 0 Å². The Labute approximate surface area is 250 Å². The number of hydrogen-bond acceptors (Lipinski definition) is 8. The number of fused-ring (bicyclic) bond motifs is 4. The Balaban J connectivity index is 1.39. The van der Waals surface area contributed by atoms with Gasteiger partial charge in [0.15, 0.2) is 5.82 Å². The van der Waals surface area contributed by atoms with Crippen LogP contribution in [0.25, 0.3) is 22.2 Å². The molecule has 4 aliphatic rings. The molecule has 7 rings (SSSR count). The molecule has 1 unspecified atom stereocenters. The summed E-state index contributed by atoms with van der Waals surface area (Å²) in [6.45, 7) is 5.30. The molecule has 0 amide bonds. The van der Waals surface area contributed by atoms with E-state index in [9.17, 15) is 17.6 Å². The Morgan fingerprint density at radius 2 is 1.93 bits per heavy atom. The fraction of sp³-hybridized carbons (Fsp3) is 0.567. The van der Waals surface area contributed by atoms with E-state index in [-0.39, 0.29) is 53.2 Å². The van der Waals surface area contributed by atoms with Gasteiger partial charge in [0.25, 0.3) is 0 Å². The first-order valence-electron chi connectivity index (χ1n) is 14.8. The molecule has 4 atom stereocenters. The van der Waals surface area contributed by atoms with Gasteiger partial charge in [-0.05, 0) is 63.8 Å². The number of aryl methyl sites for hydroxylation is 1. The van der Waals surface area contributed by atoms with Crippen LogP contribution < -0.4 is 20.7 Å². The van der Waals surface area contributed by atoms with Crippen molar-refractivity contribution in [3.05, 3.63) is 34.9 Å². The third kappa shape index (κ3) is 4.81. The first-order chi connectivity index (χ1) is 20.8. The van der Waals surface area contributed by atoms with Crippen molar-refractivity contribution in [3.8, 4) is 17.3 Å². The number of aromatic nitrogens is 3. The predicted octanol–water partition coefficient (Wildman–Crippen LogP) is 5.17. The summed E-state index contributed by atoms with van der Waals surface area (Å²) >= 11 is 0. The maximum atomic E-state index is 16.5. The summed E-state index contributed by atoms with van der Waals surface area (Å²) in [5.41, 5.74) is 0.997. The molecule has 3 aromatic rings. The van der Waals surface area contributed by atoms with Crippen LogP contribution >= 0.6 is 0 Å². The van der Waals surface area contributed by atoms with Gasteiger partial charge in [-0.1, -0.05) is 0 Å². The molecule has 14 heteroatoms. The van der Waals surface area contributed by atoms with Crippen LogP contribution in [-0.2, 0) is 6.18 Å². The number of hydrogen-bond donors (Lipinski definition) is 2. The van der Waals surface area contributed by atoms with Crippen LogP contribution in [0.3, 0.4) is 0 Å². The van der Waals surface area contributed by atoms with E-state index in [0.717, 1.165) is 51.3 Å². The van der Waals surface area contributed by atoms with Crippen molar-refractivity contribution in [1.29, 1.82) is 0 Å². The van der Waals surface area contributed by atoms with Crippen LogP contribution in [0.15, 0.2) is 12.1 Å². The largest absolute Gasteiger partial charge is 0.461 e. The minimum atomic E-state index is -4.96. The molecule has 0 spiro atoms. The number of benzene rings is 1. The minimum Gasteiger partial charge on any atom is -0.461 e. The quantitative estimate of drug-likeness (QED) is 0.378. The van der Waals surface area contributed by atoms with Gasteiger partial charge in [0.05, 0.1) is 22.4 Å². The average molecular weight is 622 g/mol. The highest BCUT2D eigenvalue weighted by molar-refractivity contribution is 5.94. The van der Waals surface area contributed by atoms with Gasteiger partial charge in [0.1, 0.15) is 35.7 Å². The van der Waals surface area contributed by atoms with Crippen LogP contribution in [0.4, 0.5) is 38.0 Å². The number of ether oxygens (including phenoxy) is 1. The Hall–Kier alpha value is -3.39. The van der Waals surface area contributed by atoms with Crippen molar-refractivity contribution in [2.24, 2.45) is 0 Å². The maximum absolute atomic E-state index is 16.5. The molecular weight excluding hydrogens is 588 g/mol. The van der Waals surface area contributed by atoms with Gasteiger partial charge >= 0.3 is 12.2 Å². The number of nitrogens with one attached hydrogen (secondary N) is 1. The van der Waals surface area contributed by atoms with Crippen molar-refractivity contribution >= 4 is 22.5 Å². The SMILES string of the molecule is Cc1cc(N)nc(-c2c(F)cc3c(N4CC5CC[C@@](C)(C4)N5)nc(OC[C@@]45CCCN4C[C@H](F)C5)nc3c2F)c1C(F)(F)F. The lowest BCUT2D eigenvalue weighted by Gasteiger charge is -2.40. The third-order valence-electron chi connectivity index (χ3n) is 9.71. The number of rotatable bonds is 5. The van der Waals surface area contributed by atoms with Crippen LogP contribution in [0, 0.1) is 18.6 Å². The zero-order valence-corrected chi connectivity index (χ0v) is 24.4. The second-order valence-corrected chi connectivity index (χ2v) is 13.0. The molecule has 236 valence electrons. The molecule has 4 aliphatic heterocycles. The van der Waals surface area contributed by atoms with E-state index in [2.05, 4.69) is 32.1 Å². The van der Waals surface area contributed by atoms with E-state index in [1.807, 2.05) is 4.90 Å². The number of nitrogen functional groups attached to an aromatic ring is 1. The molecule has 6 heterocycles. The molecule has 2 aromatic heterocycles. The summed E-state index contributed by atoms with van der Waals surface area (Å²) in [7, 11) is 0. The van der Waals surface area contributed by atoms with E-state index >= 15 is 8.78 Å². The Kier molecular flexibility index (Phi) is 6.71. The van der Waals surface area contributed by atoms with Gasteiger partial charge < -0.3 is 20.7 Å². The minimum absolute atomic E-state index is 0.000489. The van der Waals surface area contributed by atoms with Gasteiger partial charge in [-0.2, -0.15) is 23.1 Å². The molecule has 8 nitrogen and oxygen atoms in total. The Morgan fingerprint density at radius 3 is 2.68 bits per heavy atom. The monoisotopic (exact) mass is 621 g/mol. The maximum Gasteiger partial charge on any atom is 0.418 e. The Bertz CT molecular complexity index is 1650. The lowest BCUT2D eigenvalue weighted by Crippen LogP contribution is -2.58. The van der Waals surface area contributed by atoms with E-state index in [0.29, 0.717) is 19.6 Å². The topological polar surface area (TPSA) is 92.4 Å².